The van der Waals surface area contributed by atoms with Gasteiger partial charge in [0.2, 0.25) is 0 Å². The fourth-order valence-corrected chi connectivity index (χ4v) is 0.692. The van der Waals surface area contributed by atoms with Crippen LogP contribution < -0.4 is 15.9 Å². The molecule has 0 aromatic rings. The van der Waals surface area contributed by atoms with Gasteiger partial charge in [0.05, 0.1) is 0 Å². The average molecular weight is 124 g/mol. The highest BCUT2D eigenvalue weighted by Gasteiger charge is 2.08. The van der Waals surface area contributed by atoms with Crippen LogP contribution in [0.15, 0.2) is 0 Å². The summed E-state index contributed by atoms with van der Waals surface area (Å²) < 4.78 is 0. The molecular formula is C3H13B3N3. The second kappa shape index (κ2) is 4.91. The molecule has 0 rings (SSSR count). The Balaban J connectivity index is 3.15. The molecule has 1 radical (unpaired) electrons. The van der Waals surface area contributed by atoms with Crippen LogP contribution in [0.5, 0.6) is 0 Å². The minimum atomic E-state index is 0.0486. The minimum absolute atomic E-state index is 0.0486. The monoisotopic (exact) mass is 124 g/mol. The molecule has 0 bridgehead atoms. The summed E-state index contributed by atoms with van der Waals surface area (Å²) in [6, 6.07) is 0. The second-order valence-electron chi connectivity index (χ2n) is 2.13. The van der Waals surface area contributed by atoms with Gasteiger partial charge in [0, 0.05) is 0 Å². The van der Waals surface area contributed by atoms with E-state index in [-0.39, 0.29) is 14.0 Å². The molecule has 0 aromatic carbocycles. The molecule has 0 saturated carbocycles. The zero-order valence-corrected chi connectivity index (χ0v) is 6.31. The van der Waals surface area contributed by atoms with Gasteiger partial charge in [-0.3, -0.25) is 0 Å². The zero-order valence-electron chi connectivity index (χ0n) is 6.31. The summed E-state index contributed by atoms with van der Waals surface area (Å²) in [7, 11) is 1.89. The molecule has 0 heterocycles. The third-order valence-corrected chi connectivity index (χ3v) is 0.930. The molecule has 0 aliphatic rings. The van der Waals surface area contributed by atoms with Crippen molar-refractivity contribution in [3.63, 3.8) is 0 Å². The van der Waals surface area contributed by atoms with Gasteiger partial charge in [0.15, 0.2) is 7.41 Å². The average Bonchev–Trinajstić information content (AvgIpc) is 1.63. The smallest absolute Gasteiger partial charge is 0.288 e. The largest absolute Gasteiger partial charge is 0.390 e. The van der Waals surface area contributed by atoms with Crippen LogP contribution in [0, 0.1) is 0 Å². The number of rotatable bonds is 4. The first-order valence-electron chi connectivity index (χ1n) is 3.22. The lowest BCUT2D eigenvalue weighted by atomic mass is 9.65. The topological polar surface area (TPSA) is 50.1 Å². The van der Waals surface area contributed by atoms with Crippen LogP contribution in [0.4, 0.5) is 0 Å². The Kier molecular flexibility index (Phi) is 4.95. The number of nitrogens with one attached hydrogen (secondary N) is 2. The quantitative estimate of drug-likeness (QED) is 0.422. The van der Waals surface area contributed by atoms with E-state index in [4.69, 9.17) is 5.64 Å². The van der Waals surface area contributed by atoms with Gasteiger partial charge < -0.3 is 15.9 Å². The SMILES string of the molecule is C[B]NB(C)NB(C)N. The Labute approximate surface area is 58.7 Å². The highest BCUT2D eigenvalue weighted by molar-refractivity contribution is 6.72. The van der Waals surface area contributed by atoms with Crippen LogP contribution >= 0.6 is 0 Å². The highest BCUT2D eigenvalue weighted by Crippen LogP contribution is 1.67. The maximum absolute atomic E-state index is 5.46. The summed E-state index contributed by atoms with van der Waals surface area (Å²) in [4.78, 5) is 0. The van der Waals surface area contributed by atoms with Crippen molar-refractivity contribution in [1.82, 2.24) is 10.3 Å². The predicted octanol–water partition coefficient (Wildman–Crippen LogP) is -0.972. The van der Waals surface area contributed by atoms with E-state index in [0.29, 0.717) is 0 Å². The van der Waals surface area contributed by atoms with Crippen LogP contribution in [0.2, 0.25) is 20.5 Å². The molecule has 0 aromatic heterocycles. The molecule has 0 amide bonds. The van der Waals surface area contributed by atoms with Gasteiger partial charge >= 0.3 is 0 Å². The van der Waals surface area contributed by atoms with Crippen molar-refractivity contribution in [3.8, 4) is 0 Å². The Hall–Kier alpha value is 0.0748. The fourth-order valence-electron chi connectivity index (χ4n) is 0.692. The van der Waals surface area contributed by atoms with Gasteiger partial charge in [-0.15, -0.1) is 0 Å². The lowest BCUT2D eigenvalue weighted by molar-refractivity contribution is 1.31. The van der Waals surface area contributed by atoms with Crippen LogP contribution in [-0.4, -0.2) is 21.4 Å². The lowest BCUT2D eigenvalue weighted by Gasteiger charge is -2.10. The summed E-state index contributed by atoms with van der Waals surface area (Å²) in [5, 5.41) is 6.14. The molecule has 0 aliphatic heterocycles. The van der Waals surface area contributed by atoms with Gasteiger partial charge in [-0.2, -0.15) is 0 Å². The molecule has 0 fully saturated rings. The molecule has 49 valence electrons. The third-order valence-electron chi connectivity index (χ3n) is 0.930. The van der Waals surface area contributed by atoms with Crippen molar-refractivity contribution < 1.29 is 0 Å². The number of hydrogen-bond acceptors (Lipinski definition) is 3. The van der Waals surface area contributed by atoms with Crippen LogP contribution in [0.1, 0.15) is 0 Å². The molecule has 3 nitrogen and oxygen atoms in total. The minimum Gasteiger partial charge on any atom is -0.390 e. The maximum atomic E-state index is 5.46. The molecule has 0 aliphatic carbocycles. The summed E-state index contributed by atoms with van der Waals surface area (Å²) in [6.07, 6.45) is 0. The van der Waals surface area contributed by atoms with Crippen molar-refractivity contribution >= 4 is 21.4 Å². The van der Waals surface area contributed by atoms with Crippen molar-refractivity contribution in [3.05, 3.63) is 0 Å². The second-order valence-corrected chi connectivity index (χ2v) is 2.13. The Morgan fingerprint density at radius 3 is 2.33 bits per heavy atom. The fraction of sp³-hybridized carbons (Fsp3) is 1.00. The first kappa shape index (κ1) is 9.07. The van der Waals surface area contributed by atoms with Gasteiger partial charge in [0.25, 0.3) is 14.0 Å². The first-order valence-corrected chi connectivity index (χ1v) is 3.22. The maximum Gasteiger partial charge on any atom is 0.288 e. The van der Waals surface area contributed by atoms with E-state index < -0.39 is 0 Å². The third kappa shape index (κ3) is 5.95. The van der Waals surface area contributed by atoms with E-state index in [2.05, 4.69) is 10.3 Å². The van der Waals surface area contributed by atoms with E-state index in [9.17, 15) is 0 Å². The van der Waals surface area contributed by atoms with Gasteiger partial charge in [-0.25, -0.2) is 0 Å². The van der Waals surface area contributed by atoms with Gasteiger partial charge in [0.1, 0.15) is 0 Å². The highest BCUT2D eigenvalue weighted by atomic mass is 14.9. The van der Waals surface area contributed by atoms with Crippen molar-refractivity contribution in [1.29, 1.82) is 0 Å². The van der Waals surface area contributed by atoms with Crippen molar-refractivity contribution in [2.75, 3.05) is 0 Å². The van der Waals surface area contributed by atoms with E-state index >= 15 is 0 Å². The molecule has 0 unspecified atom stereocenters. The van der Waals surface area contributed by atoms with Crippen LogP contribution in [0.25, 0.3) is 0 Å². The Bertz CT molecular complexity index is 69.3. The zero-order chi connectivity index (χ0) is 7.28. The van der Waals surface area contributed by atoms with E-state index in [1.807, 2.05) is 27.9 Å². The van der Waals surface area contributed by atoms with E-state index in [1.165, 1.54) is 0 Å². The predicted molar refractivity (Wildman–Crippen MR) is 45.3 cm³/mol. The van der Waals surface area contributed by atoms with E-state index in [0.717, 1.165) is 0 Å². The van der Waals surface area contributed by atoms with Crippen molar-refractivity contribution in [2.24, 2.45) is 5.64 Å². The van der Waals surface area contributed by atoms with Gasteiger partial charge in [-0.05, 0) is 0 Å². The van der Waals surface area contributed by atoms with Gasteiger partial charge in [-0.1, -0.05) is 20.5 Å². The molecule has 4 N–H and O–H groups in total. The molecule has 6 heteroatoms. The Morgan fingerprint density at radius 2 is 2.00 bits per heavy atom. The molecule has 0 atom stereocenters. The Morgan fingerprint density at radius 1 is 1.44 bits per heavy atom. The summed E-state index contributed by atoms with van der Waals surface area (Å²) >= 11 is 0. The van der Waals surface area contributed by atoms with Crippen molar-refractivity contribution in [2.45, 2.75) is 20.5 Å². The lowest BCUT2D eigenvalue weighted by Crippen LogP contribution is -2.55. The molecule has 9 heavy (non-hydrogen) atoms. The van der Waals surface area contributed by atoms with E-state index in [1.54, 1.807) is 0 Å². The summed E-state index contributed by atoms with van der Waals surface area (Å²) in [5.74, 6) is 0. The number of hydrogen-bond donors (Lipinski definition) is 3. The molecular weight excluding hydrogens is 110 g/mol. The number of nitrogens with two attached hydrogens (primary N) is 1. The first-order chi connectivity index (χ1) is 4.16. The normalized spacial score (nSPS) is 8.89. The summed E-state index contributed by atoms with van der Waals surface area (Å²) in [5.41, 5.74) is 5.46. The summed E-state index contributed by atoms with van der Waals surface area (Å²) in [6.45, 7) is 6.18. The van der Waals surface area contributed by atoms with Crippen LogP contribution in [-0.2, 0) is 0 Å². The molecule has 0 saturated heterocycles. The van der Waals surface area contributed by atoms with Crippen LogP contribution in [0.3, 0.4) is 0 Å². The molecule has 0 spiro atoms. The standard InChI is InChI=1S/C3H13B3N3/c1-4-8-6(3)9-5(2)7/h8-9H,7H2,1-3H3.